The number of nitrogens with two attached hydrogens (primary N) is 1. The molecule has 7 heteroatoms. The van der Waals surface area contributed by atoms with Crippen LogP contribution in [0.2, 0.25) is 0 Å². The van der Waals surface area contributed by atoms with Crippen molar-refractivity contribution in [2.45, 2.75) is 6.17 Å². The smallest absolute Gasteiger partial charge is 0.212 e. The van der Waals surface area contributed by atoms with E-state index >= 15 is 0 Å². The third-order valence-corrected chi connectivity index (χ3v) is 3.82. The van der Waals surface area contributed by atoms with Crippen molar-refractivity contribution in [3.63, 3.8) is 0 Å². The van der Waals surface area contributed by atoms with E-state index in [1.165, 1.54) is 13.2 Å². The zero-order valence-electron chi connectivity index (χ0n) is 12.3. The maximum absolute atomic E-state index is 14.1. The van der Waals surface area contributed by atoms with Crippen LogP contribution in [0.1, 0.15) is 11.7 Å². The predicted molar refractivity (Wildman–Crippen MR) is 86.1 cm³/mol. The number of hydrogen-bond acceptors (Lipinski definition) is 5. The quantitative estimate of drug-likeness (QED) is 0.762. The molecule has 6 nitrogen and oxygen atoms in total. The van der Waals surface area contributed by atoms with Crippen LogP contribution >= 0.6 is 0 Å². The molecule has 0 spiro atoms. The summed E-state index contributed by atoms with van der Waals surface area (Å²) in [6.45, 7) is 0. The van der Waals surface area contributed by atoms with Gasteiger partial charge >= 0.3 is 0 Å². The van der Waals surface area contributed by atoms with Crippen LogP contribution in [0.5, 0.6) is 5.75 Å². The minimum Gasteiger partial charge on any atom is -0.494 e. The largest absolute Gasteiger partial charge is 0.494 e. The van der Waals surface area contributed by atoms with Gasteiger partial charge in [-0.25, -0.2) is 14.4 Å². The molecule has 2 aromatic carbocycles. The molecule has 1 aliphatic heterocycles. The molecule has 0 fully saturated rings. The first kappa shape index (κ1) is 13.6. The predicted octanol–water partition coefficient (Wildman–Crippen LogP) is 2.47. The van der Waals surface area contributed by atoms with Crippen molar-refractivity contribution in [3.05, 3.63) is 53.8 Å². The van der Waals surface area contributed by atoms with E-state index in [0.29, 0.717) is 11.5 Å². The Kier molecular flexibility index (Phi) is 2.94. The number of fused-ring (bicyclic) bond motifs is 3. The Morgan fingerprint density at radius 3 is 2.87 bits per heavy atom. The van der Waals surface area contributed by atoms with E-state index < -0.39 is 12.0 Å². The molecule has 0 radical (unpaired) electrons. The summed E-state index contributed by atoms with van der Waals surface area (Å²) < 4.78 is 20.9. The molecule has 0 amide bonds. The molecule has 0 bridgehead atoms. The highest BCUT2D eigenvalue weighted by Gasteiger charge is 2.25. The van der Waals surface area contributed by atoms with Crippen molar-refractivity contribution in [2.24, 2.45) is 10.7 Å². The second kappa shape index (κ2) is 4.98. The Labute approximate surface area is 131 Å². The van der Waals surface area contributed by atoms with Gasteiger partial charge in [0.25, 0.3) is 0 Å². The van der Waals surface area contributed by atoms with E-state index in [1.807, 2.05) is 28.8 Å². The third-order valence-electron chi connectivity index (χ3n) is 3.82. The zero-order chi connectivity index (χ0) is 16.0. The lowest BCUT2D eigenvalue weighted by atomic mass is 10.1. The van der Waals surface area contributed by atoms with E-state index in [9.17, 15) is 4.39 Å². The average molecular weight is 311 g/mol. The molecule has 4 rings (SSSR count). The van der Waals surface area contributed by atoms with Crippen molar-refractivity contribution in [1.82, 2.24) is 9.55 Å². The second-order valence-corrected chi connectivity index (χ2v) is 5.20. The molecule has 0 unspecified atom stereocenters. The Morgan fingerprint density at radius 2 is 2.09 bits per heavy atom. The number of methoxy groups -OCH3 is 1. The van der Waals surface area contributed by atoms with Gasteiger partial charge in [0.1, 0.15) is 0 Å². The lowest BCUT2D eigenvalue weighted by Gasteiger charge is -2.24. The summed E-state index contributed by atoms with van der Waals surface area (Å²) in [6.07, 6.45) is -0.487. The van der Waals surface area contributed by atoms with Crippen molar-refractivity contribution in [2.75, 3.05) is 12.4 Å². The standard InChI is InChI=1S/C16H14FN5O/c1-23-13-7-6-9(8-10(13)17)14-20-15(18)21-16-19-11-4-2-3-5-12(11)22(14)16/h2-8,14H,1H3,(H3,18,19,20,21)/t14-/m0/s1. The van der Waals surface area contributed by atoms with Gasteiger partial charge in [0, 0.05) is 5.56 Å². The highest BCUT2D eigenvalue weighted by Crippen LogP contribution is 2.33. The van der Waals surface area contributed by atoms with Crippen LogP contribution in [0.3, 0.4) is 0 Å². The topological polar surface area (TPSA) is 77.5 Å². The molecular weight excluding hydrogens is 297 g/mol. The number of guanidine groups is 1. The van der Waals surface area contributed by atoms with Gasteiger partial charge in [0.15, 0.2) is 23.7 Å². The Bertz CT molecular complexity index is 933. The molecule has 3 N–H and O–H groups in total. The molecule has 1 atom stereocenters. The van der Waals surface area contributed by atoms with Gasteiger partial charge in [-0.2, -0.15) is 0 Å². The fourth-order valence-corrected chi connectivity index (χ4v) is 2.78. The van der Waals surface area contributed by atoms with Crippen LogP contribution < -0.4 is 15.8 Å². The van der Waals surface area contributed by atoms with Gasteiger partial charge in [-0.3, -0.25) is 9.88 Å². The number of aromatic nitrogens is 2. The molecule has 116 valence electrons. The monoisotopic (exact) mass is 311 g/mol. The normalized spacial score (nSPS) is 16.6. The molecule has 2 heterocycles. The average Bonchev–Trinajstić information content (AvgIpc) is 2.92. The van der Waals surface area contributed by atoms with Crippen molar-refractivity contribution in [3.8, 4) is 5.75 Å². The van der Waals surface area contributed by atoms with Gasteiger partial charge in [0.2, 0.25) is 5.95 Å². The maximum atomic E-state index is 14.1. The van der Waals surface area contributed by atoms with E-state index in [-0.39, 0.29) is 11.7 Å². The number of imidazole rings is 1. The Balaban J connectivity index is 1.91. The van der Waals surface area contributed by atoms with E-state index in [4.69, 9.17) is 10.5 Å². The summed E-state index contributed by atoms with van der Waals surface area (Å²) in [4.78, 5) is 8.92. The number of rotatable bonds is 2. The zero-order valence-corrected chi connectivity index (χ0v) is 12.3. The number of halogens is 1. The maximum Gasteiger partial charge on any atom is 0.212 e. The van der Waals surface area contributed by atoms with Crippen LogP contribution in [-0.4, -0.2) is 22.6 Å². The summed E-state index contributed by atoms with van der Waals surface area (Å²) in [7, 11) is 1.43. The van der Waals surface area contributed by atoms with E-state index in [0.717, 1.165) is 11.0 Å². The van der Waals surface area contributed by atoms with Crippen LogP contribution in [0.4, 0.5) is 10.3 Å². The molecular formula is C16H14FN5O. The SMILES string of the molecule is COc1ccc([C@H]2N=C(N)Nc3nc4ccccc4n32)cc1F. The third kappa shape index (κ3) is 2.09. The van der Waals surface area contributed by atoms with E-state index in [2.05, 4.69) is 15.3 Å². The molecule has 3 aromatic rings. The van der Waals surface area contributed by atoms with Crippen LogP contribution in [-0.2, 0) is 0 Å². The van der Waals surface area contributed by atoms with Crippen LogP contribution in [0.25, 0.3) is 11.0 Å². The fraction of sp³-hybridized carbons (Fsp3) is 0.125. The molecule has 1 aliphatic rings. The van der Waals surface area contributed by atoms with Gasteiger partial charge in [-0.15, -0.1) is 0 Å². The second-order valence-electron chi connectivity index (χ2n) is 5.20. The number of anilines is 1. The highest BCUT2D eigenvalue weighted by molar-refractivity contribution is 5.94. The number of hydrogen-bond donors (Lipinski definition) is 2. The first-order chi connectivity index (χ1) is 11.2. The highest BCUT2D eigenvalue weighted by atomic mass is 19.1. The molecule has 0 saturated carbocycles. The Hall–Kier alpha value is -3.09. The molecule has 1 aromatic heterocycles. The number of nitrogens with one attached hydrogen (secondary N) is 1. The lowest BCUT2D eigenvalue weighted by Crippen LogP contribution is -2.31. The number of aliphatic imine (C=N–C) groups is 1. The van der Waals surface area contributed by atoms with Crippen LogP contribution in [0.15, 0.2) is 47.5 Å². The summed E-state index contributed by atoms with van der Waals surface area (Å²) in [5, 5.41) is 2.95. The van der Waals surface area contributed by atoms with E-state index in [1.54, 1.807) is 12.1 Å². The molecule has 0 saturated heterocycles. The van der Waals surface area contributed by atoms with Crippen LogP contribution in [0, 0.1) is 5.82 Å². The van der Waals surface area contributed by atoms with Gasteiger partial charge in [0.05, 0.1) is 18.1 Å². The van der Waals surface area contributed by atoms with Crippen molar-refractivity contribution >= 4 is 22.9 Å². The lowest BCUT2D eigenvalue weighted by molar-refractivity contribution is 0.385. The first-order valence-electron chi connectivity index (χ1n) is 7.08. The molecule has 23 heavy (non-hydrogen) atoms. The fourth-order valence-electron chi connectivity index (χ4n) is 2.78. The summed E-state index contributed by atoms with van der Waals surface area (Å²) >= 11 is 0. The summed E-state index contributed by atoms with van der Waals surface area (Å²) in [5.41, 5.74) is 8.24. The number of ether oxygens (including phenoxy) is 1. The van der Waals surface area contributed by atoms with Crippen molar-refractivity contribution < 1.29 is 9.13 Å². The van der Waals surface area contributed by atoms with Crippen molar-refractivity contribution in [1.29, 1.82) is 0 Å². The minimum absolute atomic E-state index is 0.190. The number of benzene rings is 2. The summed E-state index contributed by atoms with van der Waals surface area (Å²) in [6, 6.07) is 12.4. The van der Waals surface area contributed by atoms with Gasteiger partial charge < -0.3 is 10.5 Å². The number of nitrogens with zero attached hydrogens (tertiary/aromatic N) is 3. The number of para-hydroxylation sites is 2. The van der Waals surface area contributed by atoms with Gasteiger partial charge in [-0.1, -0.05) is 18.2 Å². The summed E-state index contributed by atoms with van der Waals surface area (Å²) in [5.74, 6) is 0.576. The first-order valence-corrected chi connectivity index (χ1v) is 7.08. The van der Waals surface area contributed by atoms with Gasteiger partial charge in [-0.05, 0) is 24.3 Å². The minimum atomic E-state index is -0.487. The molecule has 0 aliphatic carbocycles. The Morgan fingerprint density at radius 1 is 1.26 bits per heavy atom.